The Hall–Kier alpha value is -3.95. The highest BCUT2D eigenvalue weighted by Crippen LogP contribution is 2.61. The molecule has 1 aromatic heterocycles. The zero-order valence-corrected chi connectivity index (χ0v) is 21.1. The topological polar surface area (TPSA) is 79.7 Å². The Balaban J connectivity index is 1.32. The number of nitrogens with zero attached hydrogens (tertiary/aromatic N) is 2. The maximum atomic E-state index is 15.3. The fourth-order valence-corrected chi connectivity index (χ4v) is 6.14. The Morgan fingerprint density at radius 2 is 1.92 bits per heavy atom. The molecule has 3 atom stereocenters. The molecule has 10 heteroatoms. The van der Waals surface area contributed by atoms with Crippen molar-refractivity contribution in [3.05, 3.63) is 82.3 Å². The number of aliphatic carboxylic acids is 1. The average molecular weight is 541 g/mol. The van der Waals surface area contributed by atoms with Crippen molar-refractivity contribution in [2.24, 2.45) is 11.8 Å². The molecule has 2 heterocycles. The molecule has 39 heavy (non-hydrogen) atoms. The van der Waals surface area contributed by atoms with Crippen LogP contribution in [0.3, 0.4) is 0 Å². The van der Waals surface area contributed by atoms with E-state index in [1.54, 1.807) is 26.1 Å². The molecule has 0 unspecified atom stereocenters. The fraction of sp³-hybridized carbons (Fsp3) is 0.345. The highest BCUT2D eigenvalue weighted by atomic mass is 19.4. The van der Waals surface area contributed by atoms with Crippen LogP contribution < -0.4 is 9.64 Å². The third-order valence-corrected chi connectivity index (χ3v) is 8.07. The van der Waals surface area contributed by atoms with Gasteiger partial charge in [0.05, 0.1) is 22.9 Å². The monoisotopic (exact) mass is 540 g/mol. The van der Waals surface area contributed by atoms with Crippen molar-refractivity contribution in [3.63, 3.8) is 0 Å². The van der Waals surface area contributed by atoms with Crippen LogP contribution in [0, 0.1) is 17.7 Å². The molecule has 1 N–H and O–H groups in total. The van der Waals surface area contributed by atoms with E-state index in [0.29, 0.717) is 12.0 Å². The molecule has 0 spiro atoms. The van der Waals surface area contributed by atoms with Crippen molar-refractivity contribution in [3.8, 4) is 5.88 Å². The van der Waals surface area contributed by atoms with Gasteiger partial charge in [-0.3, -0.25) is 14.5 Å². The lowest BCUT2D eigenvalue weighted by Crippen LogP contribution is -2.40. The summed E-state index contributed by atoms with van der Waals surface area (Å²) in [6.07, 6.45) is -2.59. The van der Waals surface area contributed by atoms with Gasteiger partial charge in [0.1, 0.15) is 12.4 Å². The van der Waals surface area contributed by atoms with Crippen LogP contribution in [0.2, 0.25) is 0 Å². The van der Waals surface area contributed by atoms with E-state index in [-0.39, 0.29) is 53.6 Å². The van der Waals surface area contributed by atoms with Crippen LogP contribution in [0.4, 0.5) is 28.9 Å². The van der Waals surface area contributed by atoms with Crippen molar-refractivity contribution in [1.29, 1.82) is 0 Å². The minimum Gasteiger partial charge on any atom is -0.481 e. The molecule has 1 fully saturated rings. The number of benzene rings is 2. The van der Waals surface area contributed by atoms with E-state index in [1.807, 2.05) is 0 Å². The molecule has 0 saturated heterocycles. The van der Waals surface area contributed by atoms with Gasteiger partial charge in [0, 0.05) is 35.6 Å². The minimum absolute atomic E-state index is 0.0383. The van der Waals surface area contributed by atoms with Crippen LogP contribution in [-0.4, -0.2) is 22.0 Å². The maximum absolute atomic E-state index is 15.3. The summed E-state index contributed by atoms with van der Waals surface area (Å²) in [6.45, 7) is 3.24. The number of anilines is 2. The first-order valence-corrected chi connectivity index (χ1v) is 12.5. The summed E-state index contributed by atoms with van der Waals surface area (Å²) in [4.78, 5) is 29.8. The molecule has 2 aromatic carbocycles. The fourth-order valence-electron chi connectivity index (χ4n) is 6.14. The van der Waals surface area contributed by atoms with Crippen LogP contribution in [0.15, 0.2) is 48.7 Å². The van der Waals surface area contributed by atoms with Crippen LogP contribution in [0.1, 0.15) is 54.0 Å². The number of carboxylic acid groups (broad SMARTS) is 1. The minimum atomic E-state index is -4.69. The number of pyridine rings is 1. The van der Waals surface area contributed by atoms with Gasteiger partial charge in [-0.15, -0.1) is 0 Å². The summed E-state index contributed by atoms with van der Waals surface area (Å²) in [6, 6.07) is 9.18. The molecule has 1 aliphatic heterocycles. The molecular weight excluding hydrogens is 516 g/mol. The van der Waals surface area contributed by atoms with E-state index in [2.05, 4.69) is 4.98 Å². The van der Waals surface area contributed by atoms with Gasteiger partial charge in [-0.2, -0.15) is 13.2 Å². The number of fused-ring (bicyclic) bond motifs is 4. The van der Waals surface area contributed by atoms with Gasteiger partial charge < -0.3 is 9.84 Å². The van der Waals surface area contributed by atoms with Gasteiger partial charge >= 0.3 is 12.1 Å². The summed E-state index contributed by atoms with van der Waals surface area (Å²) in [5, 5.41) is 9.29. The highest BCUT2D eigenvalue weighted by molar-refractivity contribution is 6.05. The van der Waals surface area contributed by atoms with E-state index >= 15 is 4.39 Å². The number of amides is 1. The average Bonchev–Trinajstić information content (AvgIpc) is 3.45. The summed E-state index contributed by atoms with van der Waals surface area (Å²) in [7, 11) is 0. The largest absolute Gasteiger partial charge is 0.481 e. The molecule has 202 valence electrons. The number of carboxylic acids is 1. The SMILES string of the molecule is CC1(C)CC(=O)N(c2ccccc2C(F)(F)F)c2cc(COc3cc4c(cn3)[C@H]3[C@@H](C4)[C@@H]3C(=O)O)c(F)cc21. The van der Waals surface area contributed by atoms with E-state index in [4.69, 9.17) is 4.74 Å². The number of aromatic nitrogens is 1. The van der Waals surface area contributed by atoms with Crippen molar-refractivity contribution in [2.45, 2.75) is 50.8 Å². The van der Waals surface area contributed by atoms with E-state index in [1.165, 1.54) is 30.3 Å². The number of hydrogen-bond acceptors (Lipinski definition) is 4. The van der Waals surface area contributed by atoms with Gasteiger partial charge in [-0.05, 0) is 53.3 Å². The zero-order chi connectivity index (χ0) is 27.9. The molecule has 6 nitrogen and oxygen atoms in total. The molecular formula is C29H24F4N2O4. The van der Waals surface area contributed by atoms with Crippen molar-refractivity contribution >= 4 is 23.3 Å². The second-order valence-electron chi connectivity index (χ2n) is 11.0. The molecule has 3 aliphatic rings. The first kappa shape index (κ1) is 25.3. The van der Waals surface area contributed by atoms with Gasteiger partial charge in [-0.1, -0.05) is 26.0 Å². The van der Waals surface area contributed by atoms with Crippen molar-refractivity contribution in [2.75, 3.05) is 4.90 Å². The normalized spacial score (nSPS) is 22.7. The lowest BCUT2D eigenvalue weighted by Gasteiger charge is -2.39. The first-order valence-electron chi connectivity index (χ1n) is 12.5. The smallest absolute Gasteiger partial charge is 0.418 e. The number of carbonyl (C=O) groups is 2. The second-order valence-corrected chi connectivity index (χ2v) is 11.0. The first-order chi connectivity index (χ1) is 18.4. The van der Waals surface area contributed by atoms with Crippen LogP contribution in [-0.2, 0) is 34.2 Å². The van der Waals surface area contributed by atoms with Gasteiger partial charge in [-0.25, -0.2) is 9.37 Å². The lowest BCUT2D eigenvalue weighted by atomic mass is 9.76. The molecule has 6 rings (SSSR count). The van der Waals surface area contributed by atoms with E-state index in [9.17, 15) is 27.9 Å². The van der Waals surface area contributed by atoms with Crippen molar-refractivity contribution < 1.29 is 37.0 Å². The summed E-state index contributed by atoms with van der Waals surface area (Å²) < 4.78 is 62.6. The Bertz CT molecular complexity index is 1530. The number of carbonyl (C=O) groups excluding carboxylic acids is 1. The van der Waals surface area contributed by atoms with E-state index in [0.717, 1.165) is 22.1 Å². The standard InChI is InChI=1S/C29H24F4N2O4/c1-28(2)11-24(36)35(21-6-4-3-5-18(21)29(31,32)33)22-8-15(20(30)10-19(22)28)13-39-23-9-14-7-16-25(17(14)12-34-23)26(16)27(37)38/h3-6,8-10,12,16,25-26H,7,11,13H2,1-2H3,(H,37,38)/t16-,25-,26+/m1/s1. The molecule has 3 aromatic rings. The maximum Gasteiger partial charge on any atom is 0.418 e. The van der Waals surface area contributed by atoms with Gasteiger partial charge in [0.15, 0.2) is 0 Å². The molecule has 0 bridgehead atoms. The van der Waals surface area contributed by atoms with Crippen LogP contribution in [0.25, 0.3) is 0 Å². The second kappa shape index (κ2) is 8.53. The van der Waals surface area contributed by atoms with Gasteiger partial charge in [0.2, 0.25) is 11.8 Å². The third kappa shape index (κ3) is 4.13. The predicted molar refractivity (Wildman–Crippen MR) is 132 cm³/mol. The molecule has 2 aliphatic carbocycles. The molecule has 0 radical (unpaired) electrons. The Morgan fingerprint density at radius 1 is 1.18 bits per heavy atom. The number of alkyl halides is 3. The zero-order valence-electron chi connectivity index (χ0n) is 21.1. The number of ether oxygens (including phenoxy) is 1. The quantitative estimate of drug-likeness (QED) is 0.394. The Labute approximate surface area is 221 Å². The highest BCUT2D eigenvalue weighted by Gasteiger charge is 2.60. The van der Waals surface area contributed by atoms with Crippen LogP contribution >= 0.6 is 0 Å². The molecule has 1 amide bonds. The predicted octanol–water partition coefficient (Wildman–Crippen LogP) is 6.13. The van der Waals surface area contributed by atoms with Crippen molar-refractivity contribution in [1.82, 2.24) is 4.98 Å². The number of hydrogen-bond donors (Lipinski definition) is 1. The number of rotatable bonds is 5. The number of halogens is 4. The lowest BCUT2D eigenvalue weighted by molar-refractivity contribution is -0.139. The summed E-state index contributed by atoms with van der Waals surface area (Å²) >= 11 is 0. The Kier molecular flexibility index (Phi) is 5.54. The third-order valence-electron chi connectivity index (χ3n) is 8.07. The van der Waals surface area contributed by atoms with Crippen LogP contribution in [0.5, 0.6) is 5.88 Å². The number of para-hydroxylation sites is 1. The van der Waals surface area contributed by atoms with E-state index < -0.39 is 34.8 Å². The summed E-state index contributed by atoms with van der Waals surface area (Å²) in [5.74, 6) is -2.08. The van der Waals surface area contributed by atoms with Gasteiger partial charge in [0.25, 0.3) is 0 Å². The molecule has 1 saturated carbocycles. The Morgan fingerprint density at radius 3 is 2.64 bits per heavy atom. The summed E-state index contributed by atoms with van der Waals surface area (Å²) in [5.41, 5.74) is 0.412.